The number of phosphoric ester groups is 1. The zero-order valence-electron chi connectivity index (χ0n) is 20.7. The average Bonchev–Trinajstić information content (AvgIpc) is 3.27. The number of pyridine rings is 1. The van der Waals surface area contributed by atoms with Crippen LogP contribution in [0.1, 0.15) is 96.8 Å². The molecule has 0 N–H and O–H groups in total. The molecule has 2 heterocycles. The number of phosphoric acid groups is 1. The predicted molar refractivity (Wildman–Crippen MR) is 130 cm³/mol. The van der Waals surface area contributed by atoms with Gasteiger partial charge in [0, 0.05) is 18.7 Å². The summed E-state index contributed by atoms with van der Waals surface area (Å²) in [7, 11) is -4.29. The standard InChI is InChI=1S/C26H46NO5P/c1-2-3-4-5-6-7-8-9-10-11-12-14-17-25-22-26(30-23-25)24-32-33(28,29)31-21-20-27-18-15-13-16-19-27/h13,15-16,18-19,25-26H,2-12,14,17,20-24H2,1H3. The highest BCUT2D eigenvalue weighted by Crippen LogP contribution is 2.39. The largest absolute Gasteiger partial charge is 0.756 e. The third kappa shape index (κ3) is 14.3. The molecule has 2 rings (SSSR count). The van der Waals surface area contributed by atoms with E-state index < -0.39 is 7.82 Å². The van der Waals surface area contributed by atoms with Gasteiger partial charge in [-0.25, -0.2) is 4.57 Å². The molecule has 1 aliphatic rings. The molecule has 1 aromatic heterocycles. The Morgan fingerprint density at radius 1 is 0.909 bits per heavy atom. The number of rotatable bonds is 20. The monoisotopic (exact) mass is 483 g/mol. The van der Waals surface area contributed by atoms with Crippen molar-refractivity contribution in [2.75, 3.05) is 19.8 Å². The highest BCUT2D eigenvalue weighted by Gasteiger charge is 2.26. The van der Waals surface area contributed by atoms with E-state index in [2.05, 4.69) is 6.92 Å². The Hall–Kier alpha value is -0.780. The second-order valence-corrected chi connectivity index (χ2v) is 10.8. The molecule has 3 unspecified atom stereocenters. The van der Waals surface area contributed by atoms with Crippen molar-refractivity contribution in [3.05, 3.63) is 30.6 Å². The van der Waals surface area contributed by atoms with Crippen molar-refractivity contribution >= 4 is 7.82 Å². The van der Waals surface area contributed by atoms with Gasteiger partial charge in [-0.05, 0) is 18.8 Å². The molecule has 3 atom stereocenters. The molecule has 0 bridgehead atoms. The zero-order valence-corrected chi connectivity index (χ0v) is 21.6. The first-order valence-corrected chi connectivity index (χ1v) is 14.7. The van der Waals surface area contributed by atoms with Crippen molar-refractivity contribution in [3.8, 4) is 0 Å². The van der Waals surface area contributed by atoms with Gasteiger partial charge in [0.15, 0.2) is 18.9 Å². The van der Waals surface area contributed by atoms with Gasteiger partial charge in [-0.2, -0.15) is 0 Å². The van der Waals surface area contributed by atoms with Gasteiger partial charge >= 0.3 is 0 Å². The van der Waals surface area contributed by atoms with Crippen LogP contribution in [0.5, 0.6) is 0 Å². The van der Waals surface area contributed by atoms with E-state index in [1.165, 1.54) is 77.0 Å². The van der Waals surface area contributed by atoms with Crippen LogP contribution in [0.3, 0.4) is 0 Å². The Morgan fingerprint density at radius 3 is 2.15 bits per heavy atom. The van der Waals surface area contributed by atoms with Crippen LogP contribution in [-0.2, 0) is 24.9 Å². The molecule has 0 aliphatic carbocycles. The summed E-state index contributed by atoms with van der Waals surface area (Å²) in [4.78, 5) is 12.0. The molecule has 6 nitrogen and oxygen atoms in total. The number of nitrogens with zero attached hydrogens (tertiary/aromatic N) is 1. The molecular weight excluding hydrogens is 437 g/mol. The Labute approximate surface area is 201 Å². The SMILES string of the molecule is CCCCCCCCCCCCCCC1COC(COP(=O)([O-])OCC[n+]2ccccc2)C1. The molecule has 0 spiro atoms. The van der Waals surface area contributed by atoms with Gasteiger partial charge in [0.05, 0.1) is 12.7 Å². The van der Waals surface area contributed by atoms with Crippen LogP contribution >= 0.6 is 7.82 Å². The van der Waals surface area contributed by atoms with Gasteiger partial charge < -0.3 is 18.7 Å². The van der Waals surface area contributed by atoms with E-state index >= 15 is 0 Å². The van der Waals surface area contributed by atoms with Crippen LogP contribution in [0, 0.1) is 5.92 Å². The summed E-state index contributed by atoms with van der Waals surface area (Å²) < 4.78 is 29.6. The van der Waals surface area contributed by atoms with Crippen LogP contribution in [0.2, 0.25) is 0 Å². The lowest BCUT2D eigenvalue weighted by atomic mass is 9.97. The van der Waals surface area contributed by atoms with Gasteiger partial charge in [-0.15, -0.1) is 0 Å². The van der Waals surface area contributed by atoms with Crippen molar-refractivity contribution in [1.29, 1.82) is 0 Å². The highest BCUT2D eigenvalue weighted by atomic mass is 31.2. The molecule has 0 radical (unpaired) electrons. The van der Waals surface area contributed by atoms with Gasteiger partial charge in [-0.3, -0.25) is 4.57 Å². The van der Waals surface area contributed by atoms with E-state index in [9.17, 15) is 9.46 Å². The Morgan fingerprint density at radius 2 is 1.52 bits per heavy atom. The summed E-state index contributed by atoms with van der Waals surface area (Å²) in [5.74, 6) is 0.517. The molecule has 0 aromatic carbocycles. The smallest absolute Gasteiger partial charge is 0.268 e. The maximum absolute atomic E-state index is 12.0. The fourth-order valence-electron chi connectivity index (χ4n) is 4.42. The van der Waals surface area contributed by atoms with E-state index in [0.717, 1.165) is 12.8 Å². The maximum Gasteiger partial charge on any atom is 0.268 e. The number of aromatic nitrogens is 1. The summed E-state index contributed by atoms with van der Waals surface area (Å²) in [6.45, 7) is 3.54. The second-order valence-electron chi connectivity index (χ2n) is 9.42. The quantitative estimate of drug-likeness (QED) is 0.130. The molecule has 7 heteroatoms. The van der Waals surface area contributed by atoms with Crippen LogP contribution in [0.4, 0.5) is 0 Å². The first kappa shape index (κ1) is 28.5. The lowest BCUT2D eigenvalue weighted by molar-refractivity contribution is -0.697. The Balaban J connectivity index is 1.41. The Bertz CT molecular complexity index is 645. The van der Waals surface area contributed by atoms with Crippen molar-refractivity contribution in [2.45, 2.75) is 109 Å². The van der Waals surface area contributed by atoms with Gasteiger partial charge in [0.1, 0.15) is 6.61 Å². The fraction of sp³-hybridized carbons (Fsp3) is 0.808. The summed E-state index contributed by atoms with van der Waals surface area (Å²) in [5, 5.41) is 0. The predicted octanol–water partition coefficient (Wildman–Crippen LogP) is 5.97. The minimum absolute atomic E-state index is 0.0498. The maximum atomic E-state index is 12.0. The van der Waals surface area contributed by atoms with E-state index in [-0.39, 0.29) is 19.3 Å². The molecule has 33 heavy (non-hydrogen) atoms. The van der Waals surface area contributed by atoms with Crippen molar-refractivity contribution < 1.29 is 27.8 Å². The zero-order chi connectivity index (χ0) is 23.6. The van der Waals surface area contributed by atoms with Crippen LogP contribution in [0.25, 0.3) is 0 Å². The number of ether oxygens (including phenoxy) is 1. The lowest BCUT2D eigenvalue weighted by Gasteiger charge is -2.23. The third-order valence-corrected chi connectivity index (χ3v) is 7.39. The van der Waals surface area contributed by atoms with E-state index in [1.807, 2.05) is 35.2 Å². The average molecular weight is 484 g/mol. The first-order valence-electron chi connectivity index (χ1n) is 13.2. The second kappa shape index (κ2) is 17.6. The summed E-state index contributed by atoms with van der Waals surface area (Å²) >= 11 is 0. The van der Waals surface area contributed by atoms with Crippen molar-refractivity contribution in [2.24, 2.45) is 5.92 Å². The number of hydrogen-bond donors (Lipinski definition) is 0. The minimum atomic E-state index is -4.29. The van der Waals surface area contributed by atoms with E-state index in [4.69, 9.17) is 13.8 Å². The van der Waals surface area contributed by atoms with E-state index in [0.29, 0.717) is 19.1 Å². The van der Waals surface area contributed by atoms with E-state index in [1.54, 1.807) is 0 Å². The molecular formula is C26H46NO5P. The third-order valence-electron chi connectivity index (χ3n) is 6.42. The molecule has 0 saturated carbocycles. The highest BCUT2D eigenvalue weighted by molar-refractivity contribution is 7.45. The molecule has 1 aliphatic heterocycles. The van der Waals surface area contributed by atoms with Crippen molar-refractivity contribution in [3.63, 3.8) is 0 Å². The topological polar surface area (TPSA) is 71.7 Å². The minimum Gasteiger partial charge on any atom is -0.756 e. The normalized spacial score (nSPS) is 20.2. The van der Waals surface area contributed by atoms with Gasteiger partial charge in [-0.1, -0.05) is 90.0 Å². The van der Waals surface area contributed by atoms with Crippen LogP contribution < -0.4 is 9.46 Å². The van der Waals surface area contributed by atoms with Crippen molar-refractivity contribution in [1.82, 2.24) is 0 Å². The Kier molecular flexibility index (Phi) is 15.2. The van der Waals surface area contributed by atoms with Gasteiger partial charge in [0.2, 0.25) is 0 Å². The first-order chi connectivity index (χ1) is 16.1. The molecule has 1 fully saturated rings. The number of unbranched alkanes of at least 4 members (excludes halogenated alkanes) is 11. The molecule has 1 saturated heterocycles. The van der Waals surface area contributed by atoms with Crippen LogP contribution in [0.15, 0.2) is 30.6 Å². The summed E-state index contributed by atoms with van der Waals surface area (Å²) in [6.07, 6.45) is 21.9. The molecule has 190 valence electrons. The molecule has 0 amide bonds. The lowest BCUT2D eigenvalue weighted by Crippen LogP contribution is -2.35. The summed E-state index contributed by atoms with van der Waals surface area (Å²) in [5.41, 5.74) is 0. The van der Waals surface area contributed by atoms with Crippen LogP contribution in [-0.4, -0.2) is 25.9 Å². The molecule has 1 aromatic rings. The fourth-order valence-corrected chi connectivity index (χ4v) is 5.15. The number of hydrogen-bond acceptors (Lipinski definition) is 5. The van der Waals surface area contributed by atoms with Gasteiger partial charge in [0.25, 0.3) is 7.82 Å². The summed E-state index contributed by atoms with van der Waals surface area (Å²) in [6, 6.07) is 5.68.